The molecule has 8 heteroatoms. The van der Waals surface area contributed by atoms with Crippen molar-refractivity contribution in [1.29, 1.82) is 0 Å². The Morgan fingerprint density at radius 2 is 0.800 bits per heavy atom. The summed E-state index contributed by atoms with van der Waals surface area (Å²) in [5.41, 5.74) is 0. The minimum absolute atomic E-state index is 0. The first-order valence-electron chi connectivity index (χ1n) is 1.22. The molecule has 0 aromatic heterocycles. The molecule has 0 aliphatic carbocycles. The number of rotatable bonds is 0. The Kier molecular flexibility index (Phi) is 35.9. The van der Waals surface area contributed by atoms with Crippen molar-refractivity contribution < 1.29 is 63.9 Å². The van der Waals surface area contributed by atoms with Gasteiger partial charge in [0.05, 0.1) is 0 Å². The molecule has 0 bridgehead atoms. The van der Waals surface area contributed by atoms with Crippen LogP contribution in [0.4, 0.5) is 9.59 Å². The van der Waals surface area contributed by atoms with Gasteiger partial charge >= 0.3 is 33.8 Å². The van der Waals surface area contributed by atoms with Crippen molar-refractivity contribution in [2.24, 2.45) is 0 Å². The van der Waals surface area contributed by atoms with Gasteiger partial charge in [0.15, 0.2) is 0 Å². The van der Waals surface area contributed by atoms with Gasteiger partial charge in [-0.15, -0.1) is 0 Å². The Hall–Kier alpha value is -0.434. The maximum absolute atomic E-state index is 8.33. The van der Waals surface area contributed by atoms with Gasteiger partial charge in [-0.3, -0.25) is 0 Å². The van der Waals surface area contributed by atoms with Crippen LogP contribution in [0.2, 0.25) is 0 Å². The molecule has 0 N–H and O–H groups in total. The molecular weight excluding hydrogens is 235 g/mol. The van der Waals surface area contributed by atoms with Crippen molar-refractivity contribution in [3.8, 4) is 0 Å². The molecule has 0 saturated heterocycles. The molecule has 1 radical (unpaired) electrons. The normalized spacial score (nSPS) is 4.80. The van der Waals surface area contributed by atoms with Crippen molar-refractivity contribution in [1.82, 2.24) is 0 Å². The largest absolute Gasteiger partial charge is 2.00 e. The Bertz CT molecular complexity index is 73.7. The van der Waals surface area contributed by atoms with Gasteiger partial charge in [0, 0.05) is 0 Å². The SMILES string of the molecule is O=C([O-])[O-].O=C([O-])[O-].[Co+2].[Fe+2]. The van der Waals surface area contributed by atoms with Crippen molar-refractivity contribution in [2.45, 2.75) is 0 Å². The summed E-state index contributed by atoms with van der Waals surface area (Å²) in [6.07, 6.45) is -4.67. The Labute approximate surface area is 76.5 Å². The third-order valence-corrected chi connectivity index (χ3v) is 0. The molecule has 10 heavy (non-hydrogen) atoms. The minimum Gasteiger partial charge on any atom is -0.652 e. The summed E-state index contributed by atoms with van der Waals surface area (Å²) in [5, 5.41) is 33.3. The van der Waals surface area contributed by atoms with E-state index in [-0.39, 0.29) is 33.8 Å². The second kappa shape index (κ2) is 15.8. The van der Waals surface area contributed by atoms with E-state index in [1.165, 1.54) is 0 Å². The zero-order valence-corrected chi connectivity index (χ0v) is 6.28. The summed E-state index contributed by atoms with van der Waals surface area (Å²) < 4.78 is 0. The molecule has 6 nitrogen and oxygen atoms in total. The smallest absolute Gasteiger partial charge is 0.652 e. The molecule has 0 saturated carbocycles. The topological polar surface area (TPSA) is 126 Å². The number of carboxylic acid groups (broad SMARTS) is 4. The zero-order chi connectivity index (χ0) is 7.15. The van der Waals surface area contributed by atoms with Crippen LogP contribution in [0.5, 0.6) is 0 Å². The van der Waals surface area contributed by atoms with Crippen LogP contribution >= 0.6 is 0 Å². The number of carbonyl (C=O) groups is 2. The quantitative estimate of drug-likeness (QED) is 0.387. The van der Waals surface area contributed by atoms with Crippen LogP contribution in [-0.2, 0) is 33.8 Å². The maximum atomic E-state index is 8.33. The van der Waals surface area contributed by atoms with Gasteiger partial charge in [0.1, 0.15) is 0 Å². The second-order valence-electron chi connectivity index (χ2n) is 0.500. The van der Waals surface area contributed by atoms with Crippen molar-refractivity contribution in [3.05, 3.63) is 0 Å². The monoisotopic (exact) mass is 235 g/mol. The van der Waals surface area contributed by atoms with E-state index in [0.717, 1.165) is 0 Å². The van der Waals surface area contributed by atoms with E-state index in [0.29, 0.717) is 0 Å². The van der Waals surface area contributed by atoms with Crippen LogP contribution in [0.25, 0.3) is 0 Å². The van der Waals surface area contributed by atoms with E-state index in [4.69, 9.17) is 30.0 Å². The van der Waals surface area contributed by atoms with E-state index < -0.39 is 12.3 Å². The molecule has 0 aliphatic heterocycles. The van der Waals surface area contributed by atoms with Gasteiger partial charge in [0.2, 0.25) is 0 Å². The summed E-state index contributed by atoms with van der Waals surface area (Å²) >= 11 is 0. The molecule has 0 spiro atoms. The van der Waals surface area contributed by atoms with Crippen LogP contribution in [0.15, 0.2) is 0 Å². The fraction of sp³-hybridized carbons (Fsp3) is 0. The molecule has 0 rings (SSSR count). The summed E-state index contributed by atoms with van der Waals surface area (Å²) in [5.74, 6) is 0. The Balaban J connectivity index is -0.0000000300. The fourth-order valence-electron chi connectivity index (χ4n) is 0. The van der Waals surface area contributed by atoms with E-state index in [1.807, 2.05) is 0 Å². The zero-order valence-electron chi connectivity index (χ0n) is 4.14. The van der Waals surface area contributed by atoms with Crippen LogP contribution in [0.3, 0.4) is 0 Å². The molecule has 0 aromatic carbocycles. The third-order valence-electron chi connectivity index (χ3n) is 0. The molecule has 0 unspecified atom stereocenters. The molecule has 0 amide bonds. The Morgan fingerprint density at radius 3 is 0.800 bits per heavy atom. The first-order chi connectivity index (χ1) is 3.46. The molecule has 0 fully saturated rings. The molecule has 0 atom stereocenters. The number of hydrogen-bond acceptors (Lipinski definition) is 6. The Morgan fingerprint density at radius 1 is 0.800 bits per heavy atom. The van der Waals surface area contributed by atoms with Crippen LogP contribution in [0.1, 0.15) is 0 Å². The summed E-state index contributed by atoms with van der Waals surface area (Å²) in [4.78, 5) is 16.7. The van der Waals surface area contributed by atoms with Gasteiger partial charge < -0.3 is 30.0 Å². The molecular formula is C2CoFeO6. The summed E-state index contributed by atoms with van der Waals surface area (Å²) in [6.45, 7) is 0. The van der Waals surface area contributed by atoms with Gasteiger partial charge in [-0.05, 0) is 12.3 Å². The average molecular weight is 235 g/mol. The second-order valence-corrected chi connectivity index (χ2v) is 0.500. The average Bonchev–Trinajstić information content (AvgIpc) is 1.25. The van der Waals surface area contributed by atoms with E-state index in [9.17, 15) is 0 Å². The molecule has 0 aromatic rings. The first-order valence-corrected chi connectivity index (χ1v) is 1.22. The van der Waals surface area contributed by atoms with E-state index in [1.54, 1.807) is 0 Å². The van der Waals surface area contributed by atoms with Crippen molar-refractivity contribution in [3.63, 3.8) is 0 Å². The predicted octanol–water partition coefficient (Wildman–Crippen LogP) is -4.90. The van der Waals surface area contributed by atoms with Crippen LogP contribution in [0, 0.1) is 0 Å². The number of carbonyl (C=O) groups excluding carboxylic acids is 2. The van der Waals surface area contributed by atoms with Gasteiger partial charge in [-0.1, -0.05) is 0 Å². The summed E-state index contributed by atoms with van der Waals surface area (Å²) in [6, 6.07) is 0. The van der Waals surface area contributed by atoms with Gasteiger partial charge in [-0.2, -0.15) is 0 Å². The van der Waals surface area contributed by atoms with Gasteiger partial charge in [0.25, 0.3) is 0 Å². The molecule has 0 heterocycles. The van der Waals surface area contributed by atoms with Crippen LogP contribution < -0.4 is 20.4 Å². The van der Waals surface area contributed by atoms with Crippen molar-refractivity contribution >= 4 is 12.3 Å². The standard InChI is InChI=1S/2CH2O3.Co.Fe/c2*2-1(3)4;;/h2*(H2,2,3,4);;/q;;2*+2/p-4. The summed E-state index contributed by atoms with van der Waals surface area (Å²) in [7, 11) is 0. The van der Waals surface area contributed by atoms with E-state index >= 15 is 0 Å². The molecule has 61 valence electrons. The number of hydrogen-bond donors (Lipinski definition) is 0. The predicted molar refractivity (Wildman–Crippen MR) is 10.8 cm³/mol. The van der Waals surface area contributed by atoms with Crippen molar-refractivity contribution in [2.75, 3.05) is 0 Å². The molecule has 0 aliphatic rings. The fourth-order valence-corrected chi connectivity index (χ4v) is 0. The minimum atomic E-state index is -2.33. The first kappa shape index (κ1) is 22.7. The van der Waals surface area contributed by atoms with E-state index in [2.05, 4.69) is 0 Å². The van der Waals surface area contributed by atoms with Gasteiger partial charge in [-0.25, -0.2) is 0 Å². The third kappa shape index (κ3) is 1730. The van der Waals surface area contributed by atoms with Crippen LogP contribution in [-0.4, -0.2) is 12.3 Å². The maximum Gasteiger partial charge on any atom is 2.00 e.